The number of nitrogens with one attached hydrogen (secondary N) is 1. The molecule has 4 aromatic rings. The fraction of sp³-hybridized carbons (Fsp3) is 0.217. The molecule has 6 nitrogen and oxygen atoms in total. The normalized spacial score (nSPS) is 12.1. The Morgan fingerprint density at radius 2 is 1.87 bits per heavy atom. The van der Waals surface area contributed by atoms with Gasteiger partial charge >= 0.3 is 5.97 Å². The number of esters is 1. The fourth-order valence-corrected chi connectivity index (χ4v) is 4.11. The minimum atomic E-state index is -0.705. The van der Waals surface area contributed by atoms with Crippen LogP contribution in [0, 0.1) is 6.92 Å². The Labute approximate surface area is 177 Å². The van der Waals surface area contributed by atoms with Crippen LogP contribution in [-0.4, -0.2) is 20.9 Å². The lowest BCUT2D eigenvalue weighted by atomic mass is 10.1. The molecule has 0 saturated carbocycles. The maximum Gasteiger partial charge on any atom is 0.350 e. The van der Waals surface area contributed by atoms with E-state index in [4.69, 9.17) is 4.74 Å². The first-order chi connectivity index (χ1) is 14.5. The van der Waals surface area contributed by atoms with Gasteiger partial charge in [-0.1, -0.05) is 43.3 Å². The lowest BCUT2D eigenvalue weighted by Gasteiger charge is -2.12. The van der Waals surface area contributed by atoms with Crippen molar-refractivity contribution in [2.24, 2.45) is 0 Å². The number of H-pyrrole nitrogens is 1. The number of fused-ring (bicyclic) bond motifs is 1. The Balaban J connectivity index is 1.56. The summed E-state index contributed by atoms with van der Waals surface area (Å²) >= 11 is 1.30. The molecule has 0 radical (unpaired) electrons. The van der Waals surface area contributed by atoms with Crippen molar-refractivity contribution in [3.8, 4) is 10.6 Å². The number of para-hydroxylation sites is 1. The van der Waals surface area contributed by atoms with Crippen LogP contribution in [0.5, 0.6) is 0 Å². The number of nitrogens with zero attached hydrogens (tertiary/aromatic N) is 2. The number of ether oxygens (including phenoxy) is 1. The van der Waals surface area contributed by atoms with Crippen LogP contribution in [0.3, 0.4) is 0 Å². The predicted octanol–water partition coefficient (Wildman–Crippen LogP) is 4.84. The number of carbonyl (C=O) groups excluding carboxylic acids is 1. The molecule has 0 fully saturated rings. The van der Waals surface area contributed by atoms with E-state index < -0.39 is 12.1 Å². The van der Waals surface area contributed by atoms with Crippen LogP contribution < -0.4 is 5.56 Å². The Morgan fingerprint density at radius 1 is 1.13 bits per heavy atom. The third kappa shape index (κ3) is 3.89. The van der Waals surface area contributed by atoms with Crippen LogP contribution in [0.1, 0.15) is 46.7 Å². The number of carbonyl (C=O) groups is 1. The summed E-state index contributed by atoms with van der Waals surface area (Å²) in [7, 11) is 0. The van der Waals surface area contributed by atoms with E-state index in [0.29, 0.717) is 27.3 Å². The second kappa shape index (κ2) is 8.20. The molecule has 30 heavy (non-hydrogen) atoms. The van der Waals surface area contributed by atoms with Crippen LogP contribution in [0.25, 0.3) is 21.5 Å². The Kier molecular flexibility index (Phi) is 5.46. The molecule has 2 heterocycles. The van der Waals surface area contributed by atoms with Crippen molar-refractivity contribution in [2.45, 2.75) is 33.3 Å². The van der Waals surface area contributed by atoms with Crippen molar-refractivity contribution in [1.82, 2.24) is 15.0 Å². The predicted molar refractivity (Wildman–Crippen MR) is 118 cm³/mol. The summed E-state index contributed by atoms with van der Waals surface area (Å²) < 4.78 is 5.59. The first kappa shape index (κ1) is 20.0. The van der Waals surface area contributed by atoms with Crippen LogP contribution in [-0.2, 0) is 11.2 Å². The molecule has 0 saturated heterocycles. The summed E-state index contributed by atoms with van der Waals surface area (Å²) in [5.41, 5.74) is 3.13. The van der Waals surface area contributed by atoms with Gasteiger partial charge in [-0.3, -0.25) is 4.79 Å². The fourth-order valence-electron chi connectivity index (χ4n) is 3.16. The van der Waals surface area contributed by atoms with Gasteiger partial charge in [0.2, 0.25) is 0 Å². The number of aromatic amines is 1. The zero-order valence-corrected chi connectivity index (χ0v) is 17.7. The van der Waals surface area contributed by atoms with Crippen LogP contribution in [0.2, 0.25) is 0 Å². The topological polar surface area (TPSA) is 84.9 Å². The molecule has 2 aromatic carbocycles. The van der Waals surface area contributed by atoms with E-state index >= 15 is 0 Å². The average Bonchev–Trinajstić information content (AvgIpc) is 3.15. The van der Waals surface area contributed by atoms with Crippen molar-refractivity contribution in [3.05, 3.63) is 80.8 Å². The largest absolute Gasteiger partial charge is 0.450 e. The smallest absolute Gasteiger partial charge is 0.350 e. The second-order valence-corrected chi connectivity index (χ2v) is 8.00. The molecule has 4 rings (SSSR count). The molecule has 0 spiro atoms. The number of hydrogen-bond donors (Lipinski definition) is 1. The van der Waals surface area contributed by atoms with Crippen LogP contribution in [0.4, 0.5) is 0 Å². The monoisotopic (exact) mass is 419 g/mol. The maximum absolute atomic E-state index is 12.8. The molecule has 2 aromatic heterocycles. The Morgan fingerprint density at radius 3 is 2.60 bits per heavy atom. The van der Waals surface area contributed by atoms with E-state index in [-0.39, 0.29) is 5.56 Å². The Bertz CT molecular complexity index is 1280. The number of rotatable bonds is 5. The number of thiazole rings is 1. The summed E-state index contributed by atoms with van der Waals surface area (Å²) in [4.78, 5) is 37.2. The molecule has 152 valence electrons. The SMILES string of the molecule is CCc1ccc(-c2nc(C)c(C(=O)O[C@@H](C)c3nc4ccccc4c(=O)[nH]3)s2)cc1. The molecule has 0 bridgehead atoms. The number of aromatic nitrogens is 3. The van der Waals surface area contributed by atoms with Gasteiger partial charge in [-0.2, -0.15) is 0 Å². The maximum atomic E-state index is 12.8. The van der Waals surface area contributed by atoms with Gasteiger partial charge in [0.15, 0.2) is 11.9 Å². The lowest BCUT2D eigenvalue weighted by molar-refractivity contribution is 0.0325. The second-order valence-electron chi connectivity index (χ2n) is 7.00. The van der Waals surface area contributed by atoms with Gasteiger partial charge < -0.3 is 9.72 Å². The quantitative estimate of drug-likeness (QED) is 0.468. The minimum absolute atomic E-state index is 0.259. The van der Waals surface area contributed by atoms with E-state index in [9.17, 15) is 9.59 Å². The van der Waals surface area contributed by atoms with E-state index in [2.05, 4.69) is 34.0 Å². The molecule has 0 aliphatic rings. The number of aryl methyl sites for hydroxylation is 2. The van der Waals surface area contributed by atoms with Gasteiger partial charge in [0.25, 0.3) is 5.56 Å². The number of hydrogen-bond acceptors (Lipinski definition) is 6. The van der Waals surface area contributed by atoms with Crippen LogP contribution in [0.15, 0.2) is 53.3 Å². The lowest BCUT2D eigenvalue weighted by Crippen LogP contribution is -2.17. The highest BCUT2D eigenvalue weighted by Gasteiger charge is 2.22. The van der Waals surface area contributed by atoms with Gasteiger partial charge in [-0.05, 0) is 38.0 Å². The van der Waals surface area contributed by atoms with Crippen molar-refractivity contribution in [2.75, 3.05) is 0 Å². The van der Waals surface area contributed by atoms with Gasteiger partial charge in [0.05, 0.1) is 16.6 Å². The van der Waals surface area contributed by atoms with E-state index in [1.165, 1.54) is 16.9 Å². The molecule has 0 amide bonds. The molecular formula is C23H21N3O3S. The minimum Gasteiger partial charge on any atom is -0.450 e. The summed E-state index contributed by atoms with van der Waals surface area (Å²) in [5, 5.41) is 1.27. The summed E-state index contributed by atoms with van der Waals surface area (Å²) in [6.07, 6.45) is 0.265. The first-order valence-electron chi connectivity index (χ1n) is 9.73. The zero-order valence-electron chi connectivity index (χ0n) is 16.9. The van der Waals surface area contributed by atoms with Gasteiger partial charge in [-0.15, -0.1) is 11.3 Å². The van der Waals surface area contributed by atoms with Gasteiger partial charge in [0, 0.05) is 5.56 Å². The third-order valence-corrected chi connectivity index (χ3v) is 6.08. The van der Waals surface area contributed by atoms with Crippen LogP contribution >= 0.6 is 11.3 Å². The molecule has 1 atom stereocenters. The van der Waals surface area contributed by atoms with E-state index in [0.717, 1.165) is 17.0 Å². The van der Waals surface area contributed by atoms with Gasteiger partial charge in [-0.25, -0.2) is 14.8 Å². The third-order valence-electron chi connectivity index (χ3n) is 4.89. The van der Waals surface area contributed by atoms with E-state index in [1.807, 2.05) is 18.2 Å². The van der Waals surface area contributed by atoms with Gasteiger partial charge in [0.1, 0.15) is 9.88 Å². The van der Waals surface area contributed by atoms with E-state index in [1.54, 1.807) is 32.0 Å². The molecule has 0 aliphatic carbocycles. The molecular weight excluding hydrogens is 398 g/mol. The Hall–Kier alpha value is -3.32. The zero-order chi connectivity index (χ0) is 21.3. The van der Waals surface area contributed by atoms with Crippen molar-refractivity contribution in [3.63, 3.8) is 0 Å². The summed E-state index contributed by atoms with van der Waals surface area (Å²) in [5.74, 6) is -0.172. The molecule has 7 heteroatoms. The highest BCUT2D eigenvalue weighted by atomic mass is 32.1. The van der Waals surface area contributed by atoms with Crippen molar-refractivity contribution >= 4 is 28.2 Å². The molecule has 1 N–H and O–H groups in total. The summed E-state index contributed by atoms with van der Waals surface area (Å²) in [6, 6.07) is 15.2. The van der Waals surface area contributed by atoms with Crippen molar-refractivity contribution < 1.29 is 9.53 Å². The van der Waals surface area contributed by atoms with Crippen molar-refractivity contribution in [1.29, 1.82) is 0 Å². The molecule has 0 unspecified atom stereocenters. The number of benzene rings is 2. The standard InChI is InChI=1S/C23H21N3O3S/c1-4-15-9-11-16(12-10-15)22-24-13(2)19(30-22)23(28)29-14(3)20-25-18-8-6-5-7-17(18)21(27)26-20/h5-12,14H,4H2,1-3H3,(H,25,26,27)/t14-/m0/s1. The first-order valence-corrected chi connectivity index (χ1v) is 10.5. The summed E-state index contributed by atoms with van der Waals surface area (Å²) in [6.45, 7) is 5.58. The highest BCUT2D eigenvalue weighted by molar-refractivity contribution is 7.17. The molecule has 0 aliphatic heterocycles. The highest BCUT2D eigenvalue weighted by Crippen LogP contribution is 2.30. The average molecular weight is 420 g/mol.